The summed E-state index contributed by atoms with van der Waals surface area (Å²) in [5.41, 5.74) is 6.77. The van der Waals surface area contributed by atoms with Gasteiger partial charge in [0.2, 0.25) is 0 Å². The molecule has 0 amide bonds. The van der Waals surface area contributed by atoms with Crippen LogP contribution in [0.1, 0.15) is 45.3 Å². The van der Waals surface area contributed by atoms with Crippen LogP contribution in [0.2, 0.25) is 0 Å². The monoisotopic (exact) mass is 182 g/mol. The molecule has 4 heteroatoms. The van der Waals surface area contributed by atoms with Gasteiger partial charge >= 0.3 is 0 Å². The molecule has 4 nitrogen and oxygen atoms in total. The lowest BCUT2D eigenvalue weighted by Crippen LogP contribution is -2.12. The molecule has 0 unspecified atom stereocenters. The van der Waals surface area contributed by atoms with E-state index in [0.717, 1.165) is 25.0 Å². The van der Waals surface area contributed by atoms with E-state index in [1.54, 1.807) is 0 Å². The molecular weight excluding hydrogens is 164 g/mol. The van der Waals surface area contributed by atoms with Crippen LogP contribution in [0, 0.1) is 0 Å². The number of hydrogen-bond acceptors (Lipinski definition) is 3. The highest BCUT2D eigenvalue weighted by Gasteiger charge is 2.14. The van der Waals surface area contributed by atoms with Gasteiger partial charge in [0, 0.05) is 0 Å². The first-order valence-electron chi connectivity index (χ1n) is 4.94. The fourth-order valence-electron chi connectivity index (χ4n) is 1.60. The van der Waals surface area contributed by atoms with Crippen LogP contribution >= 0.6 is 0 Å². The van der Waals surface area contributed by atoms with Crippen LogP contribution in [-0.2, 0) is 6.42 Å². The minimum Gasteiger partial charge on any atom is -0.381 e. The van der Waals surface area contributed by atoms with E-state index in [-0.39, 0.29) is 0 Å². The van der Waals surface area contributed by atoms with Crippen molar-refractivity contribution in [3.8, 4) is 0 Å². The van der Waals surface area contributed by atoms with E-state index in [0.29, 0.717) is 11.9 Å². The molecule has 0 aromatic carbocycles. The van der Waals surface area contributed by atoms with Crippen LogP contribution < -0.4 is 5.73 Å². The molecule has 2 N–H and O–H groups in total. The van der Waals surface area contributed by atoms with Crippen LogP contribution in [0.15, 0.2) is 0 Å². The zero-order valence-corrected chi connectivity index (χ0v) is 8.62. The van der Waals surface area contributed by atoms with Gasteiger partial charge in [-0.15, -0.1) is 5.10 Å². The number of nitrogens with two attached hydrogens (primary N) is 1. The van der Waals surface area contributed by atoms with Crippen LogP contribution in [0.4, 0.5) is 5.82 Å². The maximum atomic E-state index is 5.70. The Kier molecular flexibility index (Phi) is 3.28. The third-order valence-electron chi connectivity index (χ3n) is 2.44. The minimum absolute atomic E-state index is 0.444. The summed E-state index contributed by atoms with van der Waals surface area (Å²) >= 11 is 0. The molecule has 0 radical (unpaired) electrons. The Balaban J connectivity index is 2.98. The summed E-state index contributed by atoms with van der Waals surface area (Å²) in [6.07, 6.45) is 3.05. The molecule has 0 aliphatic heterocycles. The van der Waals surface area contributed by atoms with Gasteiger partial charge < -0.3 is 5.73 Å². The molecule has 74 valence electrons. The highest BCUT2D eigenvalue weighted by Crippen LogP contribution is 2.19. The fraction of sp³-hybridized carbons (Fsp3) is 0.778. The van der Waals surface area contributed by atoms with Crippen molar-refractivity contribution in [2.24, 2.45) is 0 Å². The Bertz CT molecular complexity index is 263. The normalized spacial score (nSPS) is 11.1. The standard InChI is InChI=1S/C9H18N4/c1-4-7(5-2)13-8(6-3)9(10)11-12-13/h7H,4-6,10H2,1-3H3. The lowest BCUT2D eigenvalue weighted by atomic mass is 10.1. The van der Waals surface area contributed by atoms with E-state index in [9.17, 15) is 0 Å². The number of rotatable bonds is 4. The van der Waals surface area contributed by atoms with Crippen molar-refractivity contribution in [1.82, 2.24) is 15.0 Å². The molecule has 1 rings (SSSR count). The molecule has 13 heavy (non-hydrogen) atoms. The van der Waals surface area contributed by atoms with E-state index >= 15 is 0 Å². The van der Waals surface area contributed by atoms with E-state index in [4.69, 9.17) is 5.73 Å². The van der Waals surface area contributed by atoms with Gasteiger partial charge in [-0.05, 0) is 19.3 Å². The minimum atomic E-state index is 0.444. The molecule has 0 fully saturated rings. The molecule has 0 aliphatic carbocycles. The summed E-state index contributed by atoms with van der Waals surface area (Å²) in [6, 6.07) is 0.444. The van der Waals surface area contributed by atoms with Gasteiger partial charge in [-0.2, -0.15) is 0 Å². The summed E-state index contributed by atoms with van der Waals surface area (Å²) in [5, 5.41) is 7.97. The second-order valence-electron chi connectivity index (χ2n) is 3.19. The number of nitrogens with zero attached hydrogens (tertiary/aromatic N) is 3. The van der Waals surface area contributed by atoms with Gasteiger partial charge in [0.25, 0.3) is 0 Å². The maximum absolute atomic E-state index is 5.70. The van der Waals surface area contributed by atoms with Crippen molar-refractivity contribution >= 4 is 5.82 Å². The molecule has 1 heterocycles. The van der Waals surface area contributed by atoms with Crippen molar-refractivity contribution in [2.75, 3.05) is 5.73 Å². The van der Waals surface area contributed by atoms with Gasteiger partial charge in [-0.1, -0.05) is 26.0 Å². The Morgan fingerprint density at radius 1 is 1.31 bits per heavy atom. The first-order chi connectivity index (χ1) is 6.24. The van der Waals surface area contributed by atoms with Gasteiger partial charge in [-0.25, -0.2) is 4.68 Å². The molecule has 1 aromatic rings. The topological polar surface area (TPSA) is 56.7 Å². The molecule has 1 aromatic heterocycles. The predicted molar refractivity (Wildman–Crippen MR) is 53.4 cm³/mol. The van der Waals surface area contributed by atoms with Gasteiger partial charge in [0.05, 0.1) is 11.7 Å². The molecule has 0 aliphatic rings. The second-order valence-corrected chi connectivity index (χ2v) is 3.19. The Hall–Kier alpha value is -1.06. The highest BCUT2D eigenvalue weighted by molar-refractivity contribution is 5.32. The first kappa shape index (κ1) is 10.0. The van der Waals surface area contributed by atoms with Crippen LogP contribution in [0.5, 0.6) is 0 Å². The van der Waals surface area contributed by atoms with Crippen LogP contribution in [-0.4, -0.2) is 15.0 Å². The molecule has 0 spiro atoms. The quantitative estimate of drug-likeness (QED) is 0.772. The van der Waals surface area contributed by atoms with E-state index in [2.05, 4.69) is 31.1 Å². The Morgan fingerprint density at radius 2 is 1.92 bits per heavy atom. The summed E-state index contributed by atoms with van der Waals surface area (Å²) in [7, 11) is 0. The van der Waals surface area contributed by atoms with Crippen molar-refractivity contribution in [1.29, 1.82) is 0 Å². The van der Waals surface area contributed by atoms with E-state index in [1.165, 1.54) is 0 Å². The lowest BCUT2D eigenvalue weighted by molar-refractivity contribution is 0.406. The maximum Gasteiger partial charge on any atom is 0.169 e. The zero-order valence-electron chi connectivity index (χ0n) is 8.62. The molecule has 0 atom stereocenters. The molecule has 0 saturated carbocycles. The number of aromatic nitrogens is 3. The Morgan fingerprint density at radius 3 is 2.38 bits per heavy atom. The van der Waals surface area contributed by atoms with Crippen molar-refractivity contribution in [3.63, 3.8) is 0 Å². The number of hydrogen-bond donors (Lipinski definition) is 1. The average molecular weight is 182 g/mol. The van der Waals surface area contributed by atoms with Gasteiger partial charge in [-0.3, -0.25) is 0 Å². The molecular formula is C9H18N4. The van der Waals surface area contributed by atoms with Crippen LogP contribution in [0.3, 0.4) is 0 Å². The second kappa shape index (κ2) is 4.25. The van der Waals surface area contributed by atoms with Gasteiger partial charge in [0.1, 0.15) is 0 Å². The highest BCUT2D eigenvalue weighted by atomic mass is 15.5. The summed E-state index contributed by atoms with van der Waals surface area (Å²) < 4.78 is 1.97. The zero-order chi connectivity index (χ0) is 9.84. The number of anilines is 1. The van der Waals surface area contributed by atoms with Crippen molar-refractivity contribution in [3.05, 3.63) is 5.69 Å². The molecule has 0 bridgehead atoms. The fourth-order valence-corrected chi connectivity index (χ4v) is 1.60. The lowest BCUT2D eigenvalue weighted by Gasteiger charge is -2.14. The van der Waals surface area contributed by atoms with Gasteiger partial charge in [0.15, 0.2) is 5.82 Å². The third-order valence-corrected chi connectivity index (χ3v) is 2.44. The average Bonchev–Trinajstić information content (AvgIpc) is 2.50. The first-order valence-corrected chi connectivity index (χ1v) is 4.94. The van der Waals surface area contributed by atoms with Crippen LogP contribution in [0.25, 0.3) is 0 Å². The van der Waals surface area contributed by atoms with E-state index < -0.39 is 0 Å². The third kappa shape index (κ3) is 1.82. The van der Waals surface area contributed by atoms with E-state index in [1.807, 2.05) is 4.68 Å². The largest absolute Gasteiger partial charge is 0.381 e. The summed E-state index contributed by atoms with van der Waals surface area (Å²) in [5.74, 6) is 0.578. The number of nitrogen functional groups attached to an aromatic ring is 1. The van der Waals surface area contributed by atoms with Crippen molar-refractivity contribution in [2.45, 2.75) is 46.1 Å². The predicted octanol–water partition coefficient (Wildman–Crippen LogP) is 1.78. The smallest absolute Gasteiger partial charge is 0.169 e. The summed E-state index contributed by atoms with van der Waals surface area (Å²) in [4.78, 5) is 0. The molecule has 0 saturated heterocycles. The Labute approximate surface area is 79.1 Å². The summed E-state index contributed by atoms with van der Waals surface area (Å²) in [6.45, 7) is 6.39. The van der Waals surface area contributed by atoms with Crippen molar-refractivity contribution < 1.29 is 0 Å². The SMILES string of the molecule is CCc1c(N)nnn1C(CC)CC.